The maximum absolute atomic E-state index is 11.9. The number of nitrogens with one attached hydrogen (secondary N) is 2. The highest BCUT2D eigenvalue weighted by atomic mass is 16.2. The molecule has 1 saturated heterocycles. The lowest BCUT2D eigenvalue weighted by molar-refractivity contribution is 0.0926. The van der Waals surface area contributed by atoms with Crippen molar-refractivity contribution in [2.45, 2.75) is 25.3 Å². The van der Waals surface area contributed by atoms with Crippen LogP contribution in [-0.4, -0.2) is 34.8 Å². The van der Waals surface area contributed by atoms with E-state index in [9.17, 15) is 4.79 Å². The molecule has 1 aliphatic heterocycles. The first-order valence-electron chi connectivity index (χ1n) is 5.77. The number of carbonyl (C=O) groups excluding carboxylic acids is 1. The second-order valence-corrected chi connectivity index (χ2v) is 4.21. The fraction of sp³-hybridized carbons (Fsp3) is 0.636. The second kappa shape index (κ2) is 5.12. The fourth-order valence-corrected chi connectivity index (χ4v) is 2.00. The zero-order chi connectivity index (χ0) is 11.4. The van der Waals surface area contributed by atoms with Crippen molar-refractivity contribution >= 4 is 5.91 Å². The smallest absolute Gasteiger partial charge is 0.269 e. The molecule has 1 aromatic rings. The Morgan fingerprint density at radius 3 is 3.25 bits per heavy atom. The van der Waals surface area contributed by atoms with Gasteiger partial charge in [0.25, 0.3) is 5.91 Å². The third-order valence-electron chi connectivity index (χ3n) is 2.94. The molecule has 0 bridgehead atoms. The van der Waals surface area contributed by atoms with Crippen LogP contribution in [0.5, 0.6) is 0 Å². The van der Waals surface area contributed by atoms with Gasteiger partial charge in [0.2, 0.25) is 0 Å². The monoisotopic (exact) mass is 222 g/mol. The topological polar surface area (TPSA) is 59.0 Å². The summed E-state index contributed by atoms with van der Waals surface area (Å²) in [5.41, 5.74) is 0.615. The van der Waals surface area contributed by atoms with E-state index in [2.05, 4.69) is 15.7 Å². The van der Waals surface area contributed by atoms with Gasteiger partial charge in [-0.1, -0.05) is 6.42 Å². The van der Waals surface area contributed by atoms with Crippen molar-refractivity contribution in [1.82, 2.24) is 20.4 Å². The van der Waals surface area contributed by atoms with Crippen LogP contribution in [0.2, 0.25) is 0 Å². The highest BCUT2D eigenvalue weighted by Crippen LogP contribution is 2.05. The Morgan fingerprint density at radius 1 is 1.62 bits per heavy atom. The normalized spacial score (nSPS) is 21.4. The number of nitrogens with zero attached hydrogens (tertiary/aromatic N) is 2. The summed E-state index contributed by atoms with van der Waals surface area (Å²) in [5.74, 6) is -0.0336. The van der Waals surface area contributed by atoms with Gasteiger partial charge in [0.15, 0.2) is 0 Å². The SMILES string of the molecule is Cn1nccc1C(=O)NC1CCCCNC1. The average molecular weight is 222 g/mol. The largest absolute Gasteiger partial charge is 0.347 e. The minimum absolute atomic E-state index is 0.0336. The molecule has 5 heteroatoms. The zero-order valence-electron chi connectivity index (χ0n) is 9.57. The highest BCUT2D eigenvalue weighted by Gasteiger charge is 2.16. The maximum Gasteiger partial charge on any atom is 0.269 e. The van der Waals surface area contributed by atoms with Crippen LogP contribution in [0.15, 0.2) is 12.3 Å². The molecule has 0 spiro atoms. The molecule has 0 aromatic carbocycles. The molecule has 1 aromatic heterocycles. The van der Waals surface area contributed by atoms with Gasteiger partial charge in [-0.2, -0.15) is 5.10 Å². The predicted octanol–water partition coefficient (Wildman–Crippen LogP) is 0.292. The van der Waals surface area contributed by atoms with Gasteiger partial charge in [0.1, 0.15) is 5.69 Å². The van der Waals surface area contributed by atoms with Crippen LogP contribution >= 0.6 is 0 Å². The van der Waals surface area contributed by atoms with Crippen molar-refractivity contribution < 1.29 is 4.79 Å². The van der Waals surface area contributed by atoms with Crippen LogP contribution in [0.3, 0.4) is 0 Å². The Kier molecular flexibility index (Phi) is 3.56. The molecule has 2 N–H and O–H groups in total. The van der Waals surface area contributed by atoms with Gasteiger partial charge < -0.3 is 10.6 Å². The lowest BCUT2D eigenvalue weighted by Gasteiger charge is -2.16. The minimum Gasteiger partial charge on any atom is -0.347 e. The van der Waals surface area contributed by atoms with Gasteiger partial charge in [-0.3, -0.25) is 9.48 Å². The van der Waals surface area contributed by atoms with Gasteiger partial charge in [-0.05, 0) is 25.5 Å². The number of aromatic nitrogens is 2. The molecule has 2 rings (SSSR count). The standard InChI is InChI=1S/C11H18N4O/c1-15-10(5-7-13-15)11(16)14-9-4-2-3-6-12-8-9/h5,7,9,12H,2-4,6,8H2,1H3,(H,14,16). The van der Waals surface area contributed by atoms with E-state index in [1.165, 1.54) is 12.8 Å². The number of rotatable bonds is 2. The predicted molar refractivity (Wildman–Crippen MR) is 61.2 cm³/mol. The number of carbonyl (C=O) groups is 1. The molecule has 1 fully saturated rings. The summed E-state index contributed by atoms with van der Waals surface area (Å²) < 4.78 is 1.60. The number of hydrogen-bond acceptors (Lipinski definition) is 3. The van der Waals surface area contributed by atoms with Crippen LogP contribution < -0.4 is 10.6 Å². The Bertz CT molecular complexity index is 353. The second-order valence-electron chi connectivity index (χ2n) is 4.21. The average Bonchev–Trinajstić information content (AvgIpc) is 2.53. The molecule has 16 heavy (non-hydrogen) atoms. The summed E-state index contributed by atoms with van der Waals surface area (Å²) >= 11 is 0. The van der Waals surface area contributed by atoms with Gasteiger partial charge in [0, 0.05) is 25.8 Å². The van der Waals surface area contributed by atoms with Crippen LogP contribution in [0.1, 0.15) is 29.8 Å². The number of amides is 1. The third-order valence-corrected chi connectivity index (χ3v) is 2.94. The van der Waals surface area contributed by atoms with Crippen molar-refractivity contribution in [3.63, 3.8) is 0 Å². The van der Waals surface area contributed by atoms with Crippen LogP contribution in [0.25, 0.3) is 0 Å². The Balaban J connectivity index is 1.93. The highest BCUT2D eigenvalue weighted by molar-refractivity contribution is 5.92. The van der Waals surface area contributed by atoms with Gasteiger partial charge in [-0.25, -0.2) is 0 Å². The zero-order valence-corrected chi connectivity index (χ0v) is 9.57. The molecule has 1 aliphatic rings. The first-order chi connectivity index (χ1) is 7.77. The molecule has 1 atom stereocenters. The van der Waals surface area contributed by atoms with Crippen molar-refractivity contribution in [2.24, 2.45) is 7.05 Å². The summed E-state index contributed by atoms with van der Waals surface area (Å²) in [6.07, 6.45) is 5.05. The van der Waals surface area contributed by atoms with E-state index in [1.807, 2.05) is 0 Å². The number of hydrogen-bond donors (Lipinski definition) is 2. The van der Waals surface area contributed by atoms with E-state index in [4.69, 9.17) is 0 Å². The number of aryl methyl sites for hydroxylation is 1. The van der Waals surface area contributed by atoms with Crippen LogP contribution in [-0.2, 0) is 7.05 Å². The minimum atomic E-state index is -0.0336. The van der Waals surface area contributed by atoms with E-state index in [0.717, 1.165) is 19.5 Å². The van der Waals surface area contributed by atoms with Crippen LogP contribution in [0, 0.1) is 0 Å². The van der Waals surface area contributed by atoms with E-state index in [0.29, 0.717) is 5.69 Å². The van der Waals surface area contributed by atoms with E-state index in [1.54, 1.807) is 24.0 Å². The Morgan fingerprint density at radius 2 is 2.50 bits per heavy atom. The first-order valence-corrected chi connectivity index (χ1v) is 5.77. The molecular formula is C11H18N4O. The molecule has 0 aliphatic carbocycles. The molecule has 88 valence electrons. The lowest BCUT2D eigenvalue weighted by Crippen LogP contribution is -2.41. The van der Waals surface area contributed by atoms with E-state index < -0.39 is 0 Å². The van der Waals surface area contributed by atoms with E-state index >= 15 is 0 Å². The molecule has 0 radical (unpaired) electrons. The summed E-state index contributed by atoms with van der Waals surface area (Å²) in [6.45, 7) is 1.92. The maximum atomic E-state index is 11.9. The quantitative estimate of drug-likeness (QED) is 0.756. The Labute approximate surface area is 95.2 Å². The molecule has 5 nitrogen and oxygen atoms in total. The molecule has 2 heterocycles. The fourth-order valence-electron chi connectivity index (χ4n) is 2.00. The Hall–Kier alpha value is -1.36. The first kappa shape index (κ1) is 11.1. The summed E-state index contributed by atoms with van der Waals surface area (Å²) in [7, 11) is 1.78. The van der Waals surface area contributed by atoms with Crippen molar-refractivity contribution in [1.29, 1.82) is 0 Å². The third kappa shape index (κ3) is 2.61. The molecule has 0 saturated carbocycles. The van der Waals surface area contributed by atoms with Gasteiger partial charge >= 0.3 is 0 Å². The summed E-state index contributed by atoms with van der Waals surface area (Å²) in [4.78, 5) is 11.9. The molecular weight excluding hydrogens is 204 g/mol. The molecule has 1 amide bonds. The van der Waals surface area contributed by atoms with Crippen molar-refractivity contribution in [2.75, 3.05) is 13.1 Å². The lowest BCUT2D eigenvalue weighted by atomic mass is 10.1. The summed E-state index contributed by atoms with van der Waals surface area (Å²) in [5, 5.41) is 10.4. The van der Waals surface area contributed by atoms with Gasteiger partial charge in [0.05, 0.1) is 0 Å². The van der Waals surface area contributed by atoms with Crippen molar-refractivity contribution in [3.05, 3.63) is 18.0 Å². The van der Waals surface area contributed by atoms with Crippen LogP contribution in [0.4, 0.5) is 0 Å². The van der Waals surface area contributed by atoms with Crippen molar-refractivity contribution in [3.8, 4) is 0 Å². The van der Waals surface area contributed by atoms with Gasteiger partial charge in [-0.15, -0.1) is 0 Å². The van der Waals surface area contributed by atoms with E-state index in [-0.39, 0.29) is 11.9 Å². The summed E-state index contributed by atoms with van der Waals surface area (Å²) in [6, 6.07) is 1.98. The molecule has 1 unspecified atom stereocenters.